The summed E-state index contributed by atoms with van der Waals surface area (Å²) in [6, 6.07) is 4.04. The van der Waals surface area contributed by atoms with Gasteiger partial charge in [-0.2, -0.15) is 0 Å². The van der Waals surface area contributed by atoms with Crippen LogP contribution in [0.25, 0.3) is 5.69 Å². The molecule has 2 aromatic rings. The van der Waals surface area contributed by atoms with Crippen molar-refractivity contribution in [2.45, 2.75) is 19.4 Å². The lowest BCUT2D eigenvalue weighted by Gasteiger charge is -2.11. The lowest BCUT2D eigenvalue weighted by atomic mass is 10.1. The van der Waals surface area contributed by atoms with Crippen molar-refractivity contribution in [3.63, 3.8) is 0 Å². The maximum Gasteiger partial charge on any atom is 0.271 e. The number of benzene rings is 1. The fourth-order valence-corrected chi connectivity index (χ4v) is 1.72. The van der Waals surface area contributed by atoms with E-state index in [0.29, 0.717) is 11.4 Å². The Morgan fingerprint density at radius 2 is 2.16 bits per heavy atom. The van der Waals surface area contributed by atoms with E-state index in [4.69, 9.17) is 11.6 Å². The predicted octanol–water partition coefficient (Wildman–Crippen LogP) is 2.06. The number of nitro groups is 1. The molecule has 1 aromatic carbocycles. The third kappa shape index (κ3) is 2.72. The summed E-state index contributed by atoms with van der Waals surface area (Å²) in [5.74, 6) is 0. The third-order valence-corrected chi connectivity index (χ3v) is 2.81. The van der Waals surface area contributed by atoms with Gasteiger partial charge in [-0.15, -0.1) is 5.10 Å². The highest BCUT2D eigenvalue weighted by Crippen LogP contribution is 2.26. The quantitative estimate of drug-likeness (QED) is 0.687. The molecule has 0 atom stereocenters. The fourth-order valence-electron chi connectivity index (χ4n) is 1.46. The van der Waals surface area contributed by atoms with Crippen molar-refractivity contribution in [2.24, 2.45) is 0 Å². The van der Waals surface area contributed by atoms with Crippen LogP contribution in [0.2, 0.25) is 5.02 Å². The average molecular weight is 283 g/mol. The molecule has 0 aliphatic heterocycles. The van der Waals surface area contributed by atoms with E-state index >= 15 is 0 Å². The molecule has 0 bridgehead atoms. The number of nitrogens with zero attached hydrogens (tertiary/aromatic N) is 4. The van der Waals surface area contributed by atoms with Crippen molar-refractivity contribution in [1.82, 2.24) is 15.0 Å². The van der Waals surface area contributed by atoms with E-state index in [2.05, 4.69) is 10.3 Å². The zero-order valence-corrected chi connectivity index (χ0v) is 11.0. The van der Waals surface area contributed by atoms with E-state index < -0.39 is 10.5 Å². The molecule has 1 heterocycles. The van der Waals surface area contributed by atoms with E-state index in [9.17, 15) is 15.2 Å². The minimum absolute atomic E-state index is 0.100. The number of aliphatic hydroxyl groups is 1. The van der Waals surface area contributed by atoms with Gasteiger partial charge < -0.3 is 5.11 Å². The lowest BCUT2D eigenvalue weighted by molar-refractivity contribution is -0.384. The second-order valence-corrected chi connectivity index (χ2v) is 4.91. The molecule has 0 unspecified atom stereocenters. The van der Waals surface area contributed by atoms with E-state index in [0.717, 1.165) is 0 Å². The Labute approximate surface area is 113 Å². The van der Waals surface area contributed by atoms with Crippen molar-refractivity contribution in [2.75, 3.05) is 0 Å². The Balaban J connectivity index is 2.43. The van der Waals surface area contributed by atoms with Crippen molar-refractivity contribution in [3.05, 3.63) is 45.2 Å². The summed E-state index contributed by atoms with van der Waals surface area (Å²) in [5.41, 5.74) is -0.389. The summed E-state index contributed by atoms with van der Waals surface area (Å²) in [5, 5.41) is 28.3. The second kappa shape index (κ2) is 4.60. The van der Waals surface area contributed by atoms with Crippen molar-refractivity contribution < 1.29 is 10.0 Å². The van der Waals surface area contributed by atoms with E-state index in [1.54, 1.807) is 13.8 Å². The number of aromatic nitrogens is 3. The van der Waals surface area contributed by atoms with Gasteiger partial charge >= 0.3 is 0 Å². The van der Waals surface area contributed by atoms with Gasteiger partial charge in [-0.05, 0) is 19.9 Å². The molecular formula is C11H11ClN4O3. The van der Waals surface area contributed by atoms with E-state index in [-0.39, 0.29) is 10.7 Å². The van der Waals surface area contributed by atoms with Crippen LogP contribution in [-0.4, -0.2) is 25.0 Å². The molecule has 0 amide bonds. The molecule has 0 saturated heterocycles. The summed E-state index contributed by atoms with van der Waals surface area (Å²) < 4.78 is 1.36. The molecule has 1 aromatic heterocycles. The maximum absolute atomic E-state index is 10.6. The Kier molecular flexibility index (Phi) is 3.25. The first kappa shape index (κ1) is 13.4. The molecule has 0 aliphatic rings. The SMILES string of the molecule is CC(C)(O)c1cn(-c2ccc([N+](=O)[O-])cc2Cl)nn1. The van der Waals surface area contributed by atoms with Gasteiger partial charge in [0.15, 0.2) is 0 Å². The van der Waals surface area contributed by atoms with Gasteiger partial charge in [0, 0.05) is 12.1 Å². The molecule has 100 valence electrons. The summed E-state index contributed by atoms with van der Waals surface area (Å²) in [4.78, 5) is 10.1. The van der Waals surface area contributed by atoms with Crippen LogP contribution in [0.4, 0.5) is 5.69 Å². The highest BCUT2D eigenvalue weighted by molar-refractivity contribution is 6.32. The standard InChI is InChI=1S/C11H11ClN4O3/c1-11(2,17)10-6-15(14-13-10)9-4-3-7(16(18)19)5-8(9)12/h3-6,17H,1-2H3. The highest BCUT2D eigenvalue weighted by atomic mass is 35.5. The third-order valence-electron chi connectivity index (χ3n) is 2.51. The van der Waals surface area contributed by atoms with Crippen LogP contribution >= 0.6 is 11.6 Å². The number of hydrogen-bond acceptors (Lipinski definition) is 5. The van der Waals surface area contributed by atoms with Crippen LogP contribution < -0.4 is 0 Å². The first-order valence-electron chi connectivity index (χ1n) is 5.38. The van der Waals surface area contributed by atoms with Crippen LogP contribution in [0, 0.1) is 10.1 Å². The topological polar surface area (TPSA) is 94.1 Å². The number of hydrogen-bond donors (Lipinski definition) is 1. The molecule has 0 fully saturated rings. The lowest BCUT2D eigenvalue weighted by Crippen LogP contribution is -2.15. The van der Waals surface area contributed by atoms with Gasteiger partial charge in [-0.3, -0.25) is 10.1 Å². The molecule has 2 rings (SSSR count). The first-order chi connectivity index (χ1) is 8.79. The molecule has 0 aliphatic carbocycles. The highest BCUT2D eigenvalue weighted by Gasteiger charge is 2.21. The van der Waals surface area contributed by atoms with Gasteiger partial charge in [0.05, 0.1) is 21.8 Å². The second-order valence-electron chi connectivity index (χ2n) is 4.50. The largest absolute Gasteiger partial charge is 0.384 e. The Morgan fingerprint density at radius 3 is 2.63 bits per heavy atom. The van der Waals surface area contributed by atoms with E-state index in [1.165, 1.54) is 29.1 Å². The van der Waals surface area contributed by atoms with Crippen molar-refractivity contribution in [3.8, 4) is 5.69 Å². The van der Waals surface area contributed by atoms with Crippen LogP contribution in [-0.2, 0) is 5.60 Å². The molecule has 0 saturated carbocycles. The number of nitro benzene ring substituents is 1. The van der Waals surface area contributed by atoms with Crippen LogP contribution in [0.1, 0.15) is 19.5 Å². The molecule has 1 N–H and O–H groups in total. The summed E-state index contributed by atoms with van der Waals surface area (Å²) >= 11 is 5.98. The molecule has 19 heavy (non-hydrogen) atoms. The first-order valence-corrected chi connectivity index (χ1v) is 5.76. The van der Waals surface area contributed by atoms with Gasteiger partial charge in [-0.25, -0.2) is 4.68 Å². The molecule has 8 heteroatoms. The normalized spacial score (nSPS) is 11.6. The molecule has 7 nitrogen and oxygen atoms in total. The minimum atomic E-state index is -1.12. The van der Waals surface area contributed by atoms with Crippen molar-refractivity contribution >= 4 is 17.3 Å². The number of halogens is 1. The van der Waals surface area contributed by atoms with Crippen LogP contribution in [0.15, 0.2) is 24.4 Å². The summed E-state index contributed by atoms with van der Waals surface area (Å²) in [6.07, 6.45) is 1.52. The Bertz CT molecular complexity index is 633. The zero-order valence-electron chi connectivity index (χ0n) is 10.2. The minimum Gasteiger partial charge on any atom is -0.384 e. The molecule has 0 spiro atoms. The average Bonchev–Trinajstić information content (AvgIpc) is 2.77. The van der Waals surface area contributed by atoms with Gasteiger partial charge in [0.2, 0.25) is 0 Å². The monoisotopic (exact) mass is 282 g/mol. The Morgan fingerprint density at radius 1 is 1.47 bits per heavy atom. The fraction of sp³-hybridized carbons (Fsp3) is 0.273. The maximum atomic E-state index is 10.6. The van der Waals surface area contributed by atoms with Crippen LogP contribution in [0.5, 0.6) is 0 Å². The smallest absolute Gasteiger partial charge is 0.271 e. The number of rotatable bonds is 3. The molecular weight excluding hydrogens is 272 g/mol. The predicted molar refractivity (Wildman–Crippen MR) is 68.3 cm³/mol. The Hall–Kier alpha value is -1.99. The summed E-state index contributed by atoms with van der Waals surface area (Å²) in [6.45, 7) is 3.16. The van der Waals surface area contributed by atoms with Crippen molar-refractivity contribution in [1.29, 1.82) is 0 Å². The van der Waals surface area contributed by atoms with Gasteiger partial charge in [-0.1, -0.05) is 16.8 Å². The van der Waals surface area contributed by atoms with Gasteiger partial charge in [0.1, 0.15) is 11.3 Å². The van der Waals surface area contributed by atoms with Gasteiger partial charge in [0.25, 0.3) is 5.69 Å². The zero-order chi connectivity index (χ0) is 14.2. The van der Waals surface area contributed by atoms with E-state index in [1.807, 2.05) is 0 Å². The van der Waals surface area contributed by atoms with Crippen LogP contribution in [0.3, 0.4) is 0 Å². The molecule has 0 radical (unpaired) electrons. The summed E-state index contributed by atoms with van der Waals surface area (Å²) in [7, 11) is 0. The number of non-ortho nitro benzene ring substituents is 1.